The molecule has 0 aliphatic carbocycles. The third-order valence-electron chi connectivity index (χ3n) is 3.57. The van der Waals surface area contributed by atoms with Crippen LogP contribution in [0.4, 0.5) is 0 Å². The summed E-state index contributed by atoms with van der Waals surface area (Å²) in [7, 11) is 0. The summed E-state index contributed by atoms with van der Waals surface area (Å²) in [6.45, 7) is 6.49. The van der Waals surface area contributed by atoms with E-state index in [4.69, 9.17) is 0 Å². The number of halogens is 1. The van der Waals surface area contributed by atoms with Crippen molar-refractivity contribution < 1.29 is 0 Å². The number of rotatable bonds is 8. The molecule has 0 aliphatic heterocycles. The highest BCUT2D eigenvalue weighted by Gasteiger charge is 2.16. The van der Waals surface area contributed by atoms with Gasteiger partial charge in [-0.25, -0.2) is 4.98 Å². The minimum absolute atomic E-state index is 0.330. The maximum atomic E-state index is 4.56. The lowest BCUT2D eigenvalue weighted by atomic mass is 10.0. The SMILES string of the molecule is CCCNC(Cc1nccn1CCC)c1ccccc1I. The average Bonchev–Trinajstić information content (AvgIpc) is 2.92. The third kappa shape index (κ3) is 4.54. The van der Waals surface area contributed by atoms with Crippen molar-refractivity contribution in [2.75, 3.05) is 6.54 Å². The first-order chi connectivity index (χ1) is 10.3. The van der Waals surface area contributed by atoms with Gasteiger partial charge in [0, 0.05) is 35.0 Å². The Morgan fingerprint density at radius 2 is 2.05 bits per heavy atom. The minimum Gasteiger partial charge on any atom is -0.335 e. The number of nitrogens with one attached hydrogen (secondary N) is 1. The molecule has 0 amide bonds. The summed E-state index contributed by atoms with van der Waals surface area (Å²) < 4.78 is 3.59. The van der Waals surface area contributed by atoms with E-state index >= 15 is 0 Å². The average molecular weight is 397 g/mol. The van der Waals surface area contributed by atoms with Gasteiger partial charge in [-0.1, -0.05) is 32.0 Å². The molecule has 2 rings (SSSR count). The molecule has 3 nitrogen and oxygen atoms in total. The summed E-state index contributed by atoms with van der Waals surface area (Å²) in [4.78, 5) is 4.56. The topological polar surface area (TPSA) is 29.9 Å². The van der Waals surface area contributed by atoms with Gasteiger partial charge in [0.2, 0.25) is 0 Å². The number of hydrogen-bond donors (Lipinski definition) is 1. The van der Waals surface area contributed by atoms with E-state index in [0.29, 0.717) is 6.04 Å². The number of aryl methyl sites for hydroxylation is 1. The molecule has 0 fully saturated rings. The fraction of sp³-hybridized carbons (Fsp3) is 0.471. The van der Waals surface area contributed by atoms with Crippen molar-refractivity contribution >= 4 is 22.6 Å². The van der Waals surface area contributed by atoms with Crippen LogP contribution >= 0.6 is 22.6 Å². The first-order valence-corrected chi connectivity index (χ1v) is 8.82. The lowest BCUT2D eigenvalue weighted by molar-refractivity contribution is 0.500. The second-order valence-electron chi connectivity index (χ2n) is 5.27. The molecular formula is C17H24IN3. The molecule has 21 heavy (non-hydrogen) atoms. The molecule has 0 spiro atoms. The fourth-order valence-corrected chi connectivity index (χ4v) is 3.29. The molecule has 4 heteroatoms. The molecule has 0 radical (unpaired) electrons. The Labute approximate surface area is 141 Å². The van der Waals surface area contributed by atoms with Crippen molar-refractivity contribution in [3.63, 3.8) is 0 Å². The maximum Gasteiger partial charge on any atom is 0.110 e. The van der Waals surface area contributed by atoms with E-state index in [1.807, 2.05) is 6.20 Å². The Hall–Kier alpha value is -0.880. The normalized spacial score (nSPS) is 12.5. The number of benzene rings is 1. The number of nitrogens with zero attached hydrogens (tertiary/aromatic N) is 2. The molecule has 114 valence electrons. The molecule has 1 aromatic heterocycles. The van der Waals surface area contributed by atoms with Gasteiger partial charge in [-0.3, -0.25) is 0 Å². The molecular weight excluding hydrogens is 373 g/mol. The summed E-state index contributed by atoms with van der Waals surface area (Å²) in [6, 6.07) is 8.95. The number of imidazole rings is 1. The van der Waals surface area contributed by atoms with Crippen LogP contribution < -0.4 is 5.32 Å². The van der Waals surface area contributed by atoms with E-state index in [1.165, 1.54) is 15.0 Å². The quantitative estimate of drug-likeness (QED) is 0.678. The van der Waals surface area contributed by atoms with Gasteiger partial charge < -0.3 is 9.88 Å². The van der Waals surface area contributed by atoms with Crippen LogP contribution in [0.5, 0.6) is 0 Å². The summed E-state index contributed by atoms with van der Waals surface area (Å²) in [6.07, 6.45) is 7.22. The van der Waals surface area contributed by atoms with Gasteiger partial charge >= 0.3 is 0 Å². The van der Waals surface area contributed by atoms with Crippen LogP contribution in [0.15, 0.2) is 36.7 Å². The van der Waals surface area contributed by atoms with Gasteiger partial charge in [0.05, 0.1) is 0 Å². The van der Waals surface area contributed by atoms with Gasteiger partial charge in [-0.2, -0.15) is 0 Å². The third-order valence-corrected chi connectivity index (χ3v) is 4.56. The highest BCUT2D eigenvalue weighted by molar-refractivity contribution is 14.1. The first-order valence-electron chi connectivity index (χ1n) is 7.74. The standard InChI is InChI=1S/C17H24IN3/c1-3-9-19-16(14-7-5-6-8-15(14)18)13-17-20-10-12-21(17)11-4-2/h5-8,10,12,16,19H,3-4,9,11,13H2,1-2H3. The second kappa shape index (κ2) is 8.54. The summed E-state index contributed by atoms with van der Waals surface area (Å²) in [5.74, 6) is 1.17. The highest BCUT2D eigenvalue weighted by atomic mass is 127. The molecule has 1 unspecified atom stereocenters. The van der Waals surface area contributed by atoms with Crippen LogP contribution in [0.3, 0.4) is 0 Å². The van der Waals surface area contributed by atoms with E-state index in [2.05, 4.69) is 81.8 Å². The van der Waals surface area contributed by atoms with Crippen LogP contribution in [-0.4, -0.2) is 16.1 Å². The van der Waals surface area contributed by atoms with Crippen molar-refractivity contribution in [2.45, 2.75) is 45.7 Å². The number of hydrogen-bond acceptors (Lipinski definition) is 2. The summed E-state index contributed by atoms with van der Waals surface area (Å²) >= 11 is 2.43. The van der Waals surface area contributed by atoms with Crippen LogP contribution in [0.1, 0.15) is 44.1 Å². The summed E-state index contributed by atoms with van der Waals surface area (Å²) in [5.41, 5.74) is 1.37. The maximum absolute atomic E-state index is 4.56. The van der Waals surface area contributed by atoms with E-state index in [1.54, 1.807) is 0 Å². The van der Waals surface area contributed by atoms with Gasteiger partial charge in [0.25, 0.3) is 0 Å². The van der Waals surface area contributed by atoms with Crippen molar-refractivity contribution in [3.05, 3.63) is 51.6 Å². The van der Waals surface area contributed by atoms with E-state index < -0.39 is 0 Å². The number of aromatic nitrogens is 2. The monoisotopic (exact) mass is 397 g/mol. The van der Waals surface area contributed by atoms with Crippen LogP contribution in [-0.2, 0) is 13.0 Å². The fourth-order valence-electron chi connectivity index (χ4n) is 2.53. The summed E-state index contributed by atoms with van der Waals surface area (Å²) in [5, 5.41) is 3.68. The van der Waals surface area contributed by atoms with Crippen molar-refractivity contribution in [1.29, 1.82) is 0 Å². The Kier molecular flexibility index (Phi) is 6.70. The zero-order valence-electron chi connectivity index (χ0n) is 12.8. The van der Waals surface area contributed by atoms with Gasteiger partial charge in [-0.05, 0) is 53.6 Å². The molecule has 0 saturated heterocycles. The Morgan fingerprint density at radius 3 is 2.76 bits per heavy atom. The van der Waals surface area contributed by atoms with Gasteiger partial charge in [-0.15, -0.1) is 0 Å². The zero-order chi connectivity index (χ0) is 15.1. The highest BCUT2D eigenvalue weighted by Crippen LogP contribution is 2.23. The van der Waals surface area contributed by atoms with Crippen molar-refractivity contribution in [1.82, 2.24) is 14.9 Å². The van der Waals surface area contributed by atoms with Crippen molar-refractivity contribution in [2.24, 2.45) is 0 Å². The Bertz CT molecular complexity index is 550. The second-order valence-corrected chi connectivity index (χ2v) is 6.43. The molecule has 2 aromatic rings. The van der Waals surface area contributed by atoms with E-state index in [0.717, 1.165) is 32.4 Å². The Morgan fingerprint density at radius 1 is 1.24 bits per heavy atom. The predicted octanol–water partition coefficient (Wildman–Crippen LogP) is 4.18. The lowest BCUT2D eigenvalue weighted by Crippen LogP contribution is -2.26. The van der Waals surface area contributed by atoms with Gasteiger partial charge in [0.15, 0.2) is 0 Å². The van der Waals surface area contributed by atoms with Crippen molar-refractivity contribution in [3.8, 4) is 0 Å². The molecule has 0 bridgehead atoms. The minimum atomic E-state index is 0.330. The molecule has 0 aliphatic rings. The van der Waals surface area contributed by atoms with E-state index in [9.17, 15) is 0 Å². The molecule has 1 aromatic carbocycles. The zero-order valence-corrected chi connectivity index (χ0v) is 15.0. The molecule has 0 saturated carbocycles. The van der Waals surface area contributed by atoms with Crippen LogP contribution in [0.25, 0.3) is 0 Å². The molecule has 1 heterocycles. The predicted molar refractivity (Wildman–Crippen MR) is 96.4 cm³/mol. The van der Waals surface area contributed by atoms with E-state index in [-0.39, 0.29) is 0 Å². The largest absolute Gasteiger partial charge is 0.335 e. The van der Waals surface area contributed by atoms with Crippen LogP contribution in [0.2, 0.25) is 0 Å². The van der Waals surface area contributed by atoms with Gasteiger partial charge in [0.1, 0.15) is 5.82 Å². The molecule has 1 atom stereocenters. The first kappa shape index (κ1) is 16.5. The van der Waals surface area contributed by atoms with Crippen LogP contribution in [0, 0.1) is 3.57 Å². The lowest BCUT2D eigenvalue weighted by Gasteiger charge is -2.20. The Balaban J connectivity index is 2.20. The molecule has 1 N–H and O–H groups in total. The smallest absolute Gasteiger partial charge is 0.110 e.